The number of aromatic hydroxyl groups is 1. The molecule has 0 amide bonds. The molecule has 2 rings (SSSR count). The average Bonchev–Trinajstić information content (AvgIpc) is 2.38. The van der Waals surface area contributed by atoms with Crippen molar-refractivity contribution in [2.45, 2.75) is 30.5 Å². The Kier molecular flexibility index (Phi) is 3.84. The summed E-state index contributed by atoms with van der Waals surface area (Å²) >= 11 is 0. The number of para-hydroxylation sites is 1. The quantitative estimate of drug-likeness (QED) is 0.460. The van der Waals surface area contributed by atoms with E-state index in [0.29, 0.717) is 5.56 Å². The molecular formula is C12H16O6. The van der Waals surface area contributed by atoms with Crippen LogP contribution in [0.5, 0.6) is 5.75 Å². The van der Waals surface area contributed by atoms with Crippen LogP contribution in [0.15, 0.2) is 24.3 Å². The number of aliphatic hydroxyl groups is 4. The molecule has 0 saturated carbocycles. The lowest BCUT2D eigenvalue weighted by atomic mass is 9.91. The van der Waals surface area contributed by atoms with E-state index in [0.717, 1.165) is 0 Å². The standard InChI is InChI=1S/C12H16O6/c13-5-8-9(15)10(16)11(17)12(18-8)6-3-1-2-4-7(6)14/h1-4,8-17H,5H2/t8-,9+,10+,11-,12?/m1/s1. The van der Waals surface area contributed by atoms with Gasteiger partial charge in [-0.3, -0.25) is 0 Å². The zero-order chi connectivity index (χ0) is 13.3. The Morgan fingerprint density at radius 2 is 1.67 bits per heavy atom. The van der Waals surface area contributed by atoms with Crippen molar-refractivity contribution < 1.29 is 30.3 Å². The number of hydrogen-bond donors (Lipinski definition) is 5. The Labute approximate surface area is 104 Å². The highest BCUT2D eigenvalue weighted by Gasteiger charge is 2.44. The fourth-order valence-electron chi connectivity index (χ4n) is 2.09. The van der Waals surface area contributed by atoms with Gasteiger partial charge in [0.2, 0.25) is 0 Å². The van der Waals surface area contributed by atoms with Crippen molar-refractivity contribution in [3.8, 4) is 5.75 Å². The van der Waals surface area contributed by atoms with Crippen molar-refractivity contribution in [1.82, 2.24) is 0 Å². The molecular weight excluding hydrogens is 240 g/mol. The van der Waals surface area contributed by atoms with Crippen LogP contribution >= 0.6 is 0 Å². The van der Waals surface area contributed by atoms with Crippen LogP contribution in [-0.2, 0) is 4.74 Å². The number of phenols is 1. The summed E-state index contributed by atoms with van der Waals surface area (Å²) < 4.78 is 5.33. The van der Waals surface area contributed by atoms with Gasteiger partial charge in [-0.2, -0.15) is 0 Å². The van der Waals surface area contributed by atoms with Gasteiger partial charge in [-0.25, -0.2) is 0 Å². The van der Waals surface area contributed by atoms with Gasteiger partial charge in [0.05, 0.1) is 6.61 Å². The van der Waals surface area contributed by atoms with E-state index in [2.05, 4.69) is 0 Å². The summed E-state index contributed by atoms with van der Waals surface area (Å²) in [4.78, 5) is 0. The lowest BCUT2D eigenvalue weighted by Crippen LogP contribution is -2.55. The third kappa shape index (κ3) is 2.21. The Morgan fingerprint density at radius 1 is 1.00 bits per heavy atom. The molecule has 0 aromatic heterocycles. The maximum Gasteiger partial charge on any atom is 0.121 e. The molecule has 0 bridgehead atoms. The van der Waals surface area contributed by atoms with Gasteiger partial charge in [0.25, 0.3) is 0 Å². The van der Waals surface area contributed by atoms with Crippen molar-refractivity contribution in [3.63, 3.8) is 0 Å². The topological polar surface area (TPSA) is 110 Å². The van der Waals surface area contributed by atoms with Crippen LogP contribution in [0.4, 0.5) is 0 Å². The molecule has 0 spiro atoms. The first-order valence-electron chi connectivity index (χ1n) is 5.64. The van der Waals surface area contributed by atoms with E-state index in [1.54, 1.807) is 18.2 Å². The number of benzene rings is 1. The fourth-order valence-corrected chi connectivity index (χ4v) is 2.09. The minimum Gasteiger partial charge on any atom is -0.508 e. The SMILES string of the molecule is OC[C@H]1OC(c2ccccc2O)[C@H](O)[C@@H](O)[C@H]1O. The van der Waals surface area contributed by atoms with Crippen LogP contribution in [0.3, 0.4) is 0 Å². The number of aliphatic hydroxyl groups excluding tert-OH is 4. The first-order chi connectivity index (χ1) is 8.56. The lowest BCUT2D eigenvalue weighted by molar-refractivity contribution is -0.232. The minimum atomic E-state index is -1.44. The highest BCUT2D eigenvalue weighted by atomic mass is 16.5. The van der Waals surface area contributed by atoms with Gasteiger partial charge >= 0.3 is 0 Å². The van der Waals surface area contributed by atoms with Crippen molar-refractivity contribution in [3.05, 3.63) is 29.8 Å². The molecule has 1 aromatic carbocycles. The van der Waals surface area contributed by atoms with Crippen molar-refractivity contribution in [1.29, 1.82) is 0 Å². The average molecular weight is 256 g/mol. The Hall–Kier alpha value is -1.18. The van der Waals surface area contributed by atoms with E-state index >= 15 is 0 Å². The molecule has 1 saturated heterocycles. The normalized spacial score (nSPS) is 36.6. The van der Waals surface area contributed by atoms with Gasteiger partial charge in [-0.15, -0.1) is 0 Å². The van der Waals surface area contributed by atoms with Gasteiger partial charge < -0.3 is 30.3 Å². The summed E-state index contributed by atoms with van der Waals surface area (Å²) in [5, 5.41) is 47.9. The van der Waals surface area contributed by atoms with Gasteiger partial charge in [0.15, 0.2) is 0 Å². The highest BCUT2D eigenvalue weighted by molar-refractivity contribution is 5.35. The molecule has 100 valence electrons. The number of phenolic OH excluding ortho intramolecular Hbond substituents is 1. The van der Waals surface area contributed by atoms with E-state index in [-0.39, 0.29) is 5.75 Å². The molecule has 18 heavy (non-hydrogen) atoms. The Balaban J connectivity index is 2.30. The molecule has 6 heteroatoms. The van der Waals surface area contributed by atoms with Crippen LogP contribution < -0.4 is 0 Å². The van der Waals surface area contributed by atoms with E-state index in [4.69, 9.17) is 9.84 Å². The van der Waals surface area contributed by atoms with Crippen LogP contribution in [0.25, 0.3) is 0 Å². The van der Waals surface area contributed by atoms with Crippen LogP contribution in [0.1, 0.15) is 11.7 Å². The van der Waals surface area contributed by atoms with Gasteiger partial charge in [0, 0.05) is 5.56 Å². The highest BCUT2D eigenvalue weighted by Crippen LogP contribution is 2.36. The Bertz CT molecular complexity index is 407. The van der Waals surface area contributed by atoms with Gasteiger partial charge in [-0.1, -0.05) is 18.2 Å². The monoisotopic (exact) mass is 256 g/mol. The predicted octanol–water partition coefficient (Wildman–Crippen LogP) is -1.09. The predicted molar refractivity (Wildman–Crippen MR) is 60.8 cm³/mol. The zero-order valence-corrected chi connectivity index (χ0v) is 9.55. The summed E-state index contributed by atoms with van der Waals surface area (Å²) in [7, 11) is 0. The number of hydrogen-bond acceptors (Lipinski definition) is 6. The smallest absolute Gasteiger partial charge is 0.121 e. The second-order valence-corrected chi connectivity index (χ2v) is 4.31. The number of rotatable bonds is 2. The van der Waals surface area contributed by atoms with Crippen LogP contribution in [0.2, 0.25) is 0 Å². The third-order valence-corrected chi connectivity index (χ3v) is 3.14. The molecule has 1 aliphatic rings. The summed E-state index contributed by atoms with van der Waals surface area (Å²) in [6.07, 6.45) is -6.20. The first-order valence-corrected chi connectivity index (χ1v) is 5.64. The van der Waals surface area contributed by atoms with E-state index in [1.165, 1.54) is 6.07 Å². The Morgan fingerprint density at radius 3 is 2.28 bits per heavy atom. The molecule has 1 heterocycles. The molecule has 1 aromatic rings. The maximum absolute atomic E-state index is 9.87. The lowest BCUT2D eigenvalue weighted by Gasteiger charge is -2.40. The van der Waals surface area contributed by atoms with Gasteiger partial charge in [0.1, 0.15) is 36.3 Å². The first kappa shape index (κ1) is 13.3. The number of ether oxygens (including phenoxy) is 1. The molecule has 1 aliphatic heterocycles. The van der Waals surface area contributed by atoms with E-state index in [9.17, 15) is 20.4 Å². The largest absolute Gasteiger partial charge is 0.508 e. The molecule has 0 radical (unpaired) electrons. The molecule has 5 N–H and O–H groups in total. The second kappa shape index (κ2) is 5.21. The van der Waals surface area contributed by atoms with Crippen molar-refractivity contribution in [2.75, 3.05) is 6.61 Å². The summed E-state index contributed by atoms with van der Waals surface area (Å²) in [5.41, 5.74) is 0.300. The molecule has 6 nitrogen and oxygen atoms in total. The third-order valence-electron chi connectivity index (χ3n) is 3.14. The van der Waals surface area contributed by atoms with Crippen molar-refractivity contribution in [2.24, 2.45) is 0 Å². The summed E-state index contributed by atoms with van der Waals surface area (Å²) in [6, 6.07) is 6.23. The summed E-state index contributed by atoms with van der Waals surface area (Å²) in [5.74, 6) is -0.0816. The molecule has 1 unspecified atom stereocenters. The zero-order valence-electron chi connectivity index (χ0n) is 9.55. The maximum atomic E-state index is 9.87. The van der Waals surface area contributed by atoms with Crippen LogP contribution in [-0.4, -0.2) is 56.6 Å². The van der Waals surface area contributed by atoms with Crippen LogP contribution in [0, 0.1) is 0 Å². The van der Waals surface area contributed by atoms with E-state index in [1.807, 2.05) is 0 Å². The molecule has 1 fully saturated rings. The van der Waals surface area contributed by atoms with Crippen molar-refractivity contribution >= 4 is 0 Å². The second-order valence-electron chi connectivity index (χ2n) is 4.31. The minimum absolute atomic E-state index is 0.0816. The van der Waals surface area contributed by atoms with Gasteiger partial charge in [-0.05, 0) is 6.07 Å². The molecule has 5 atom stereocenters. The van der Waals surface area contributed by atoms with E-state index < -0.39 is 37.1 Å². The molecule has 0 aliphatic carbocycles. The summed E-state index contributed by atoms with van der Waals surface area (Å²) in [6.45, 7) is -0.491. The fraction of sp³-hybridized carbons (Fsp3) is 0.500.